The molecule has 0 aliphatic carbocycles. The van der Waals surface area contributed by atoms with Crippen molar-refractivity contribution in [1.29, 1.82) is 0 Å². The first-order valence-corrected chi connectivity index (χ1v) is 13.9. The van der Waals surface area contributed by atoms with Gasteiger partial charge in [-0.2, -0.15) is 0 Å². The van der Waals surface area contributed by atoms with Crippen LogP contribution in [0.1, 0.15) is 35.6 Å². The molecule has 1 aromatic heterocycles. The quantitative estimate of drug-likeness (QED) is 0.491. The summed E-state index contributed by atoms with van der Waals surface area (Å²) in [5, 5.41) is -0.0257. The van der Waals surface area contributed by atoms with Gasteiger partial charge in [-0.05, 0) is 37.0 Å². The third-order valence-electron chi connectivity index (χ3n) is 7.22. The minimum atomic E-state index is -0.666. The van der Waals surface area contributed by atoms with Crippen molar-refractivity contribution < 1.29 is 14.4 Å². The molecule has 0 spiro atoms. The zero-order valence-corrected chi connectivity index (χ0v) is 21.2. The van der Waals surface area contributed by atoms with E-state index in [1.807, 2.05) is 41.3 Å². The zero-order chi connectivity index (χ0) is 24.8. The lowest BCUT2D eigenvalue weighted by Gasteiger charge is -2.31. The molecule has 7 nitrogen and oxygen atoms in total. The van der Waals surface area contributed by atoms with Gasteiger partial charge in [0.2, 0.25) is 17.7 Å². The molecular weight excluding hydrogens is 494 g/mol. The van der Waals surface area contributed by atoms with Gasteiger partial charge in [-0.15, -0.1) is 0 Å². The van der Waals surface area contributed by atoms with Gasteiger partial charge >= 0.3 is 4.87 Å². The van der Waals surface area contributed by atoms with Crippen LogP contribution in [0.15, 0.2) is 70.5 Å². The van der Waals surface area contributed by atoms with Crippen LogP contribution in [0.5, 0.6) is 0 Å². The van der Waals surface area contributed by atoms with Crippen molar-refractivity contribution in [2.24, 2.45) is 5.92 Å². The molecule has 0 saturated carbocycles. The first kappa shape index (κ1) is 23.2. The van der Waals surface area contributed by atoms with E-state index in [2.05, 4.69) is 0 Å². The second-order valence-electron chi connectivity index (χ2n) is 9.36. The van der Waals surface area contributed by atoms with Gasteiger partial charge in [0, 0.05) is 23.9 Å². The van der Waals surface area contributed by atoms with Gasteiger partial charge in [-0.3, -0.25) is 23.7 Å². The molecule has 4 heterocycles. The fraction of sp³-hybridized carbons (Fsp3) is 0.333. The number of carbonyl (C=O) groups is 3. The molecule has 3 amide bonds. The molecule has 36 heavy (non-hydrogen) atoms. The summed E-state index contributed by atoms with van der Waals surface area (Å²) in [5.74, 6) is -1.65. The molecule has 0 radical (unpaired) electrons. The number of amides is 3. The number of benzene rings is 2. The second-order valence-corrected chi connectivity index (χ2v) is 11.5. The normalized spacial score (nSPS) is 23.5. The molecule has 0 N–H and O–H groups in total. The molecule has 0 bridgehead atoms. The maximum atomic E-state index is 13.8. The van der Waals surface area contributed by atoms with E-state index in [1.54, 1.807) is 24.3 Å². The van der Waals surface area contributed by atoms with Gasteiger partial charge in [0.05, 0.1) is 16.6 Å². The molecule has 2 aromatic carbocycles. The van der Waals surface area contributed by atoms with Crippen molar-refractivity contribution in [3.05, 3.63) is 80.8 Å². The number of hydrogen-bond acceptors (Lipinski definition) is 6. The highest BCUT2D eigenvalue weighted by Gasteiger charge is 2.56. The summed E-state index contributed by atoms with van der Waals surface area (Å²) in [6, 6.07) is 18.6. The standard InChI is InChI=1S/C27H25N3O4S2/c31-19(28-14-8-3-9-15-28)16-29-26-23(36-27(29)34)20(17-10-4-1-5-11-17)21-22(35-26)25(33)30(24(21)32)18-12-6-2-7-13-18/h1-2,4-7,10-13,20-22H,3,8-9,14-16H2. The van der Waals surface area contributed by atoms with Gasteiger partial charge in [0.15, 0.2) is 0 Å². The Morgan fingerprint density at radius 2 is 1.53 bits per heavy atom. The number of fused-ring (bicyclic) bond motifs is 2. The number of anilines is 1. The Bertz CT molecular complexity index is 1380. The lowest BCUT2D eigenvalue weighted by atomic mass is 9.83. The monoisotopic (exact) mass is 519 g/mol. The van der Waals surface area contributed by atoms with Crippen LogP contribution >= 0.6 is 23.1 Å². The van der Waals surface area contributed by atoms with Crippen LogP contribution < -0.4 is 9.77 Å². The summed E-state index contributed by atoms with van der Waals surface area (Å²) in [6.45, 7) is 1.38. The van der Waals surface area contributed by atoms with Crippen LogP contribution in [0, 0.1) is 5.92 Å². The fourth-order valence-corrected chi connectivity index (χ4v) is 8.26. The summed E-state index contributed by atoms with van der Waals surface area (Å²) in [5.41, 5.74) is 1.44. The Morgan fingerprint density at radius 3 is 2.22 bits per heavy atom. The van der Waals surface area contributed by atoms with Crippen LogP contribution in [-0.2, 0) is 20.9 Å². The van der Waals surface area contributed by atoms with E-state index in [-0.39, 0.29) is 29.1 Å². The number of thiazole rings is 1. The summed E-state index contributed by atoms with van der Waals surface area (Å²) < 4.78 is 1.52. The third kappa shape index (κ3) is 3.81. The Balaban J connectivity index is 1.43. The molecule has 6 rings (SSSR count). The Kier molecular flexibility index (Phi) is 6.05. The van der Waals surface area contributed by atoms with Crippen molar-refractivity contribution in [3.63, 3.8) is 0 Å². The fourth-order valence-electron chi connectivity index (χ4n) is 5.48. The van der Waals surface area contributed by atoms with Crippen LogP contribution in [0.3, 0.4) is 0 Å². The number of hydrogen-bond donors (Lipinski definition) is 0. The highest BCUT2D eigenvalue weighted by Crippen LogP contribution is 2.53. The van der Waals surface area contributed by atoms with E-state index in [1.165, 1.54) is 21.2 Å². The van der Waals surface area contributed by atoms with E-state index < -0.39 is 17.1 Å². The molecule has 184 valence electrons. The first-order valence-electron chi connectivity index (χ1n) is 12.2. The second kappa shape index (κ2) is 9.37. The molecule has 3 unspecified atom stereocenters. The molecular formula is C27H25N3O4S2. The molecule has 3 aromatic rings. The molecule has 3 aliphatic heterocycles. The number of imide groups is 1. The van der Waals surface area contributed by atoms with Gasteiger partial charge in [0.25, 0.3) is 0 Å². The number of piperidine rings is 1. The maximum Gasteiger partial charge on any atom is 0.308 e. The lowest BCUT2D eigenvalue weighted by molar-refractivity contribution is -0.133. The van der Waals surface area contributed by atoms with Crippen LogP contribution in [0.25, 0.3) is 0 Å². The third-order valence-corrected chi connectivity index (χ3v) is 9.83. The molecule has 2 saturated heterocycles. The minimum Gasteiger partial charge on any atom is -0.341 e. The Morgan fingerprint density at radius 1 is 0.861 bits per heavy atom. The number of nitrogens with zero attached hydrogens (tertiary/aromatic N) is 3. The number of aromatic nitrogens is 1. The Labute approximate surface area is 216 Å². The maximum absolute atomic E-state index is 13.8. The summed E-state index contributed by atoms with van der Waals surface area (Å²) in [7, 11) is 0. The number of carbonyl (C=O) groups excluding carboxylic acids is 3. The number of rotatable bonds is 4. The van der Waals surface area contributed by atoms with Crippen molar-refractivity contribution in [3.8, 4) is 0 Å². The van der Waals surface area contributed by atoms with E-state index in [9.17, 15) is 19.2 Å². The van der Waals surface area contributed by atoms with E-state index >= 15 is 0 Å². The molecule has 3 aliphatic rings. The van der Waals surface area contributed by atoms with Crippen LogP contribution in [0.4, 0.5) is 5.69 Å². The van der Waals surface area contributed by atoms with Gasteiger partial charge in [0.1, 0.15) is 11.8 Å². The van der Waals surface area contributed by atoms with E-state index in [0.29, 0.717) is 23.8 Å². The van der Waals surface area contributed by atoms with E-state index in [0.717, 1.165) is 41.0 Å². The lowest BCUT2D eigenvalue weighted by Crippen LogP contribution is -2.39. The first-order chi connectivity index (χ1) is 17.5. The average Bonchev–Trinajstić information content (AvgIpc) is 3.36. The average molecular weight is 520 g/mol. The van der Waals surface area contributed by atoms with Crippen molar-refractivity contribution in [1.82, 2.24) is 9.47 Å². The van der Waals surface area contributed by atoms with Crippen molar-refractivity contribution in [2.75, 3.05) is 18.0 Å². The number of thioether (sulfide) groups is 1. The predicted octanol–water partition coefficient (Wildman–Crippen LogP) is 3.72. The van der Waals surface area contributed by atoms with Crippen LogP contribution in [-0.4, -0.2) is 45.5 Å². The highest BCUT2D eigenvalue weighted by molar-refractivity contribution is 8.00. The number of likely N-dealkylation sites (tertiary alicyclic amines) is 1. The molecule has 3 atom stereocenters. The minimum absolute atomic E-state index is 0.0406. The van der Waals surface area contributed by atoms with Crippen LogP contribution in [0.2, 0.25) is 0 Å². The van der Waals surface area contributed by atoms with Gasteiger partial charge < -0.3 is 4.90 Å². The Hall–Kier alpha value is -3.17. The van der Waals surface area contributed by atoms with Crippen molar-refractivity contribution in [2.45, 2.75) is 42.0 Å². The van der Waals surface area contributed by atoms with Crippen molar-refractivity contribution >= 4 is 46.5 Å². The van der Waals surface area contributed by atoms with E-state index in [4.69, 9.17) is 0 Å². The molecule has 9 heteroatoms. The van der Waals surface area contributed by atoms with Gasteiger partial charge in [-0.1, -0.05) is 71.6 Å². The molecule has 2 fully saturated rings. The number of para-hydroxylation sites is 1. The topological polar surface area (TPSA) is 79.7 Å². The summed E-state index contributed by atoms with van der Waals surface area (Å²) >= 11 is 2.35. The smallest absolute Gasteiger partial charge is 0.308 e. The highest BCUT2D eigenvalue weighted by atomic mass is 32.2. The largest absolute Gasteiger partial charge is 0.341 e. The summed E-state index contributed by atoms with van der Waals surface area (Å²) in [6.07, 6.45) is 3.06. The zero-order valence-electron chi connectivity index (χ0n) is 19.5. The summed E-state index contributed by atoms with van der Waals surface area (Å²) in [4.78, 5) is 57.3. The predicted molar refractivity (Wildman–Crippen MR) is 139 cm³/mol. The van der Waals surface area contributed by atoms with Gasteiger partial charge in [-0.25, -0.2) is 4.90 Å². The SMILES string of the molecule is O=C(Cn1c2c(sc1=O)C(c1ccccc1)C1C(=O)N(c3ccccc3)C(=O)C1S2)N1CCCCC1.